The molecule has 3 nitrogen and oxygen atoms in total. The Kier molecular flexibility index (Phi) is 1.64. The van der Waals surface area contributed by atoms with Gasteiger partial charge in [-0.25, -0.2) is 0 Å². The molecule has 2 heterocycles. The molecule has 0 aromatic carbocycles. The van der Waals surface area contributed by atoms with E-state index in [2.05, 4.69) is 0 Å². The molecule has 2 fully saturated rings. The van der Waals surface area contributed by atoms with E-state index in [-0.39, 0.29) is 12.4 Å². The SMILES string of the molecule is COC1CO[C@@H]2OCC[C@H]12. The summed E-state index contributed by atoms with van der Waals surface area (Å²) < 4.78 is 15.9. The largest absolute Gasteiger partial charge is 0.379 e. The van der Waals surface area contributed by atoms with E-state index in [1.54, 1.807) is 7.11 Å². The van der Waals surface area contributed by atoms with Gasteiger partial charge >= 0.3 is 0 Å². The first kappa shape index (κ1) is 6.58. The maximum Gasteiger partial charge on any atom is 0.163 e. The van der Waals surface area contributed by atoms with Gasteiger partial charge in [0, 0.05) is 13.0 Å². The van der Waals surface area contributed by atoms with Crippen LogP contribution in [-0.4, -0.2) is 32.7 Å². The van der Waals surface area contributed by atoms with Crippen LogP contribution in [-0.2, 0) is 14.2 Å². The third-order valence-electron chi connectivity index (χ3n) is 2.29. The fraction of sp³-hybridized carbons (Fsp3) is 1.00. The van der Waals surface area contributed by atoms with Gasteiger partial charge in [0.1, 0.15) is 0 Å². The molecule has 2 aliphatic heterocycles. The van der Waals surface area contributed by atoms with Crippen LogP contribution < -0.4 is 0 Å². The molecule has 10 heavy (non-hydrogen) atoms. The van der Waals surface area contributed by atoms with Crippen molar-refractivity contribution >= 4 is 0 Å². The number of hydrogen-bond donors (Lipinski definition) is 0. The molecular formula is C7H12O3. The third-order valence-corrected chi connectivity index (χ3v) is 2.29. The highest BCUT2D eigenvalue weighted by molar-refractivity contribution is 4.83. The van der Waals surface area contributed by atoms with E-state index in [9.17, 15) is 0 Å². The minimum atomic E-state index is 0.0324. The first-order valence-electron chi connectivity index (χ1n) is 3.68. The number of rotatable bonds is 1. The van der Waals surface area contributed by atoms with Gasteiger partial charge in [0.15, 0.2) is 6.29 Å². The summed E-state index contributed by atoms with van der Waals surface area (Å²) >= 11 is 0. The Morgan fingerprint density at radius 1 is 1.40 bits per heavy atom. The fourth-order valence-electron chi connectivity index (χ4n) is 1.67. The number of hydrogen-bond acceptors (Lipinski definition) is 3. The summed E-state index contributed by atoms with van der Waals surface area (Å²) in [4.78, 5) is 0. The molecule has 3 atom stereocenters. The van der Waals surface area contributed by atoms with E-state index >= 15 is 0 Å². The second-order valence-corrected chi connectivity index (χ2v) is 2.80. The first-order valence-corrected chi connectivity index (χ1v) is 3.68. The predicted molar refractivity (Wildman–Crippen MR) is 34.6 cm³/mol. The van der Waals surface area contributed by atoms with Gasteiger partial charge in [-0.2, -0.15) is 0 Å². The van der Waals surface area contributed by atoms with E-state index < -0.39 is 0 Å². The van der Waals surface area contributed by atoms with Crippen molar-refractivity contribution in [2.45, 2.75) is 18.8 Å². The van der Waals surface area contributed by atoms with Crippen LogP contribution in [0.1, 0.15) is 6.42 Å². The molecule has 0 amide bonds. The lowest BCUT2D eigenvalue weighted by Crippen LogP contribution is -2.21. The van der Waals surface area contributed by atoms with Gasteiger partial charge in [0.2, 0.25) is 0 Å². The molecule has 0 saturated carbocycles. The Morgan fingerprint density at radius 3 is 3.10 bits per heavy atom. The van der Waals surface area contributed by atoms with Crippen LogP contribution in [0, 0.1) is 5.92 Å². The summed E-state index contributed by atoms with van der Waals surface area (Å²) in [5.74, 6) is 0.491. The van der Waals surface area contributed by atoms with Gasteiger partial charge in [-0.15, -0.1) is 0 Å². The third kappa shape index (κ3) is 0.856. The number of fused-ring (bicyclic) bond motifs is 1. The zero-order valence-corrected chi connectivity index (χ0v) is 6.08. The van der Waals surface area contributed by atoms with Crippen molar-refractivity contribution in [1.29, 1.82) is 0 Å². The zero-order valence-electron chi connectivity index (χ0n) is 6.08. The van der Waals surface area contributed by atoms with Crippen molar-refractivity contribution in [3.8, 4) is 0 Å². The molecule has 0 spiro atoms. The normalized spacial score (nSPS) is 45.9. The Labute approximate surface area is 60.3 Å². The standard InChI is InChI=1S/C7H12O3/c1-8-6-4-10-7-5(6)2-3-9-7/h5-7H,2-4H2,1H3/t5-,6?,7+/m1/s1. The average molecular weight is 144 g/mol. The van der Waals surface area contributed by atoms with Crippen molar-refractivity contribution in [2.75, 3.05) is 20.3 Å². The Hall–Kier alpha value is -0.120. The highest BCUT2D eigenvalue weighted by Crippen LogP contribution is 2.32. The van der Waals surface area contributed by atoms with Crippen LogP contribution in [0.3, 0.4) is 0 Å². The maximum absolute atomic E-state index is 5.33. The van der Waals surface area contributed by atoms with E-state index in [1.807, 2.05) is 0 Å². The topological polar surface area (TPSA) is 27.7 Å². The van der Waals surface area contributed by atoms with Crippen molar-refractivity contribution in [3.63, 3.8) is 0 Å². The van der Waals surface area contributed by atoms with Crippen LogP contribution in [0.5, 0.6) is 0 Å². The number of methoxy groups -OCH3 is 1. The number of ether oxygens (including phenoxy) is 3. The molecule has 0 radical (unpaired) electrons. The van der Waals surface area contributed by atoms with Crippen molar-refractivity contribution in [3.05, 3.63) is 0 Å². The van der Waals surface area contributed by atoms with Gasteiger partial charge in [0.25, 0.3) is 0 Å². The summed E-state index contributed by atoms with van der Waals surface area (Å²) in [5.41, 5.74) is 0. The maximum atomic E-state index is 5.33. The Balaban J connectivity index is 2.01. The fourth-order valence-corrected chi connectivity index (χ4v) is 1.67. The van der Waals surface area contributed by atoms with E-state index in [1.165, 1.54) is 0 Å². The lowest BCUT2D eigenvalue weighted by atomic mass is 10.0. The van der Waals surface area contributed by atoms with Gasteiger partial charge in [-0.3, -0.25) is 0 Å². The van der Waals surface area contributed by atoms with Crippen LogP contribution in [0.25, 0.3) is 0 Å². The van der Waals surface area contributed by atoms with Gasteiger partial charge in [-0.05, 0) is 6.42 Å². The average Bonchev–Trinajstić information content (AvgIpc) is 2.44. The predicted octanol–water partition coefficient (Wildman–Crippen LogP) is 0.394. The molecule has 2 saturated heterocycles. The lowest BCUT2D eigenvalue weighted by Gasteiger charge is -2.11. The second kappa shape index (κ2) is 2.49. The van der Waals surface area contributed by atoms with Crippen molar-refractivity contribution in [2.24, 2.45) is 5.92 Å². The first-order chi connectivity index (χ1) is 4.92. The van der Waals surface area contributed by atoms with Gasteiger partial charge < -0.3 is 14.2 Å². The molecule has 0 aromatic rings. The highest BCUT2D eigenvalue weighted by atomic mass is 16.7. The van der Waals surface area contributed by atoms with Crippen LogP contribution in [0.15, 0.2) is 0 Å². The molecule has 1 unspecified atom stereocenters. The Morgan fingerprint density at radius 2 is 2.30 bits per heavy atom. The van der Waals surface area contributed by atoms with Crippen molar-refractivity contribution < 1.29 is 14.2 Å². The molecular weight excluding hydrogens is 132 g/mol. The minimum absolute atomic E-state index is 0.0324. The molecule has 58 valence electrons. The van der Waals surface area contributed by atoms with Crippen LogP contribution >= 0.6 is 0 Å². The Bertz CT molecular complexity index is 126. The summed E-state index contributed by atoms with van der Waals surface area (Å²) in [5, 5.41) is 0. The summed E-state index contributed by atoms with van der Waals surface area (Å²) in [7, 11) is 1.73. The molecule has 2 rings (SSSR count). The van der Waals surface area contributed by atoms with E-state index in [4.69, 9.17) is 14.2 Å². The molecule has 0 N–H and O–H groups in total. The summed E-state index contributed by atoms with van der Waals surface area (Å²) in [6.45, 7) is 1.53. The zero-order chi connectivity index (χ0) is 6.97. The smallest absolute Gasteiger partial charge is 0.163 e. The van der Waals surface area contributed by atoms with Crippen LogP contribution in [0.2, 0.25) is 0 Å². The van der Waals surface area contributed by atoms with E-state index in [0.717, 1.165) is 13.0 Å². The highest BCUT2D eigenvalue weighted by Gasteiger charge is 2.41. The van der Waals surface area contributed by atoms with Gasteiger partial charge in [0.05, 0.1) is 19.3 Å². The second-order valence-electron chi connectivity index (χ2n) is 2.80. The summed E-state index contributed by atoms with van der Waals surface area (Å²) in [6.07, 6.45) is 1.39. The molecule has 2 aliphatic rings. The summed E-state index contributed by atoms with van der Waals surface area (Å²) in [6, 6.07) is 0. The lowest BCUT2D eigenvalue weighted by molar-refractivity contribution is -0.0907. The van der Waals surface area contributed by atoms with Crippen LogP contribution in [0.4, 0.5) is 0 Å². The molecule has 3 heteroatoms. The molecule has 0 aromatic heterocycles. The quantitative estimate of drug-likeness (QED) is 0.533. The van der Waals surface area contributed by atoms with Gasteiger partial charge in [-0.1, -0.05) is 0 Å². The minimum Gasteiger partial charge on any atom is -0.379 e. The molecule has 0 aliphatic carbocycles. The monoisotopic (exact) mass is 144 g/mol. The van der Waals surface area contributed by atoms with Crippen molar-refractivity contribution in [1.82, 2.24) is 0 Å². The van der Waals surface area contributed by atoms with E-state index in [0.29, 0.717) is 12.5 Å². The molecule has 0 bridgehead atoms.